The van der Waals surface area contributed by atoms with Crippen LogP contribution >= 0.6 is 0 Å². The molecule has 3 amide bonds. The van der Waals surface area contributed by atoms with Gasteiger partial charge in [-0.2, -0.15) is 5.10 Å². The molecule has 29 heavy (non-hydrogen) atoms. The van der Waals surface area contributed by atoms with E-state index in [-0.39, 0.29) is 29.9 Å². The smallest absolute Gasteiger partial charge is 0.317 e. The quantitative estimate of drug-likeness (QED) is 0.849. The number of hydrogen-bond acceptors (Lipinski definition) is 5. The van der Waals surface area contributed by atoms with E-state index in [1.165, 1.54) is 0 Å². The first kappa shape index (κ1) is 19.4. The fraction of sp³-hybridized carbons (Fsp3) is 0.550. The van der Waals surface area contributed by atoms with E-state index in [9.17, 15) is 9.59 Å². The number of aromatic nitrogens is 4. The number of nitrogens with one attached hydrogen (secondary N) is 1. The molecule has 2 aliphatic rings. The first-order chi connectivity index (χ1) is 13.7. The van der Waals surface area contributed by atoms with Gasteiger partial charge in [0.1, 0.15) is 0 Å². The molecule has 2 aromatic rings. The van der Waals surface area contributed by atoms with Crippen LogP contribution in [0.15, 0.2) is 12.3 Å². The van der Waals surface area contributed by atoms with Crippen LogP contribution in [0.4, 0.5) is 4.79 Å². The summed E-state index contributed by atoms with van der Waals surface area (Å²) in [5.74, 6) is 0.481. The van der Waals surface area contributed by atoms with Crippen molar-refractivity contribution in [3.05, 3.63) is 34.9 Å². The molecule has 2 saturated heterocycles. The number of likely N-dealkylation sites (N-methyl/N-ethyl adjacent to an activating group) is 1. The molecule has 4 rings (SSSR count). The molecule has 2 fully saturated rings. The molecule has 0 aromatic carbocycles. The molecule has 0 radical (unpaired) electrons. The molecule has 1 N–H and O–H groups in total. The average Bonchev–Trinajstić information content (AvgIpc) is 3.22. The van der Waals surface area contributed by atoms with E-state index < -0.39 is 0 Å². The van der Waals surface area contributed by atoms with E-state index in [1.54, 1.807) is 15.8 Å². The highest BCUT2D eigenvalue weighted by molar-refractivity contribution is 5.95. The van der Waals surface area contributed by atoms with Gasteiger partial charge in [0.15, 0.2) is 0 Å². The van der Waals surface area contributed by atoms with Crippen LogP contribution in [0.1, 0.15) is 53.6 Å². The summed E-state index contributed by atoms with van der Waals surface area (Å²) >= 11 is 0. The third kappa shape index (κ3) is 3.45. The summed E-state index contributed by atoms with van der Waals surface area (Å²) in [5, 5.41) is 7.61. The van der Waals surface area contributed by atoms with Crippen LogP contribution < -0.4 is 5.32 Å². The highest BCUT2D eigenvalue weighted by Gasteiger charge is 2.42. The van der Waals surface area contributed by atoms with Gasteiger partial charge in [-0.15, -0.1) is 0 Å². The summed E-state index contributed by atoms with van der Waals surface area (Å²) in [5.41, 5.74) is 3.00. The Kier molecular flexibility index (Phi) is 4.76. The average molecular weight is 397 g/mol. The van der Waals surface area contributed by atoms with Crippen molar-refractivity contribution in [3.63, 3.8) is 0 Å². The van der Waals surface area contributed by atoms with Crippen molar-refractivity contribution in [1.29, 1.82) is 0 Å². The maximum Gasteiger partial charge on any atom is 0.317 e. The van der Waals surface area contributed by atoms with Gasteiger partial charge in [0.25, 0.3) is 11.9 Å². The van der Waals surface area contributed by atoms with E-state index >= 15 is 0 Å². The van der Waals surface area contributed by atoms with E-state index in [0.717, 1.165) is 23.5 Å². The number of amides is 3. The third-order valence-electron chi connectivity index (χ3n) is 5.69. The molecular weight excluding hydrogens is 370 g/mol. The normalized spacial score (nSPS) is 21.5. The number of carbonyl (C=O) groups is 2. The fourth-order valence-corrected chi connectivity index (χ4v) is 4.20. The Labute approximate surface area is 170 Å². The summed E-state index contributed by atoms with van der Waals surface area (Å²) in [6.07, 6.45) is 2.49. The van der Waals surface area contributed by atoms with Crippen LogP contribution in [-0.4, -0.2) is 73.7 Å². The molecule has 2 aromatic heterocycles. The van der Waals surface area contributed by atoms with Crippen molar-refractivity contribution in [3.8, 4) is 5.95 Å². The zero-order chi connectivity index (χ0) is 20.9. The zero-order valence-corrected chi connectivity index (χ0v) is 17.5. The molecule has 0 spiro atoms. The minimum Gasteiger partial charge on any atom is -0.336 e. The first-order valence-electron chi connectivity index (χ1n) is 9.99. The molecule has 4 heterocycles. The Morgan fingerprint density at radius 1 is 1.24 bits per heavy atom. The lowest BCUT2D eigenvalue weighted by Gasteiger charge is -2.35. The molecular formula is C20H27N7O2. The summed E-state index contributed by atoms with van der Waals surface area (Å²) in [6, 6.07) is 1.93. The van der Waals surface area contributed by atoms with Gasteiger partial charge < -0.3 is 15.1 Å². The highest BCUT2D eigenvalue weighted by atomic mass is 16.2. The second-order valence-electron chi connectivity index (χ2n) is 8.25. The minimum absolute atomic E-state index is 0.0366. The Balaban J connectivity index is 1.63. The van der Waals surface area contributed by atoms with Gasteiger partial charge in [-0.1, -0.05) is 13.8 Å². The maximum atomic E-state index is 13.4. The van der Waals surface area contributed by atoms with E-state index in [0.29, 0.717) is 24.6 Å². The summed E-state index contributed by atoms with van der Waals surface area (Å²) in [7, 11) is 1.81. The Hall–Kier alpha value is -2.97. The molecule has 0 unspecified atom stereocenters. The Morgan fingerprint density at radius 3 is 2.59 bits per heavy atom. The molecule has 2 atom stereocenters. The van der Waals surface area contributed by atoms with Gasteiger partial charge in [0.2, 0.25) is 0 Å². The van der Waals surface area contributed by atoms with Crippen LogP contribution in [0.2, 0.25) is 0 Å². The van der Waals surface area contributed by atoms with Crippen LogP contribution in [0, 0.1) is 13.8 Å². The second-order valence-corrected chi connectivity index (χ2v) is 8.25. The first-order valence-corrected chi connectivity index (χ1v) is 9.99. The molecule has 0 bridgehead atoms. The largest absolute Gasteiger partial charge is 0.336 e. The lowest BCUT2D eigenvalue weighted by Crippen LogP contribution is -2.52. The van der Waals surface area contributed by atoms with Crippen LogP contribution in [0.5, 0.6) is 0 Å². The Bertz CT molecular complexity index is 947. The monoisotopic (exact) mass is 397 g/mol. The van der Waals surface area contributed by atoms with Gasteiger partial charge in [-0.25, -0.2) is 19.4 Å². The lowest BCUT2D eigenvalue weighted by atomic mass is 9.98. The van der Waals surface area contributed by atoms with Crippen LogP contribution in [0.3, 0.4) is 0 Å². The number of aryl methyl sites for hydroxylation is 2. The van der Waals surface area contributed by atoms with E-state index in [1.807, 2.05) is 45.7 Å². The lowest BCUT2D eigenvalue weighted by molar-refractivity contribution is 0.0665. The summed E-state index contributed by atoms with van der Waals surface area (Å²) < 4.78 is 1.60. The molecule has 154 valence electrons. The van der Waals surface area contributed by atoms with Crippen molar-refractivity contribution in [2.45, 2.75) is 52.1 Å². The highest BCUT2D eigenvalue weighted by Crippen LogP contribution is 2.25. The molecule has 9 heteroatoms. The van der Waals surface area contributed by atoms with E-state index in [2.05, 4.69) is 20.4 Å². The van der Waals surface area contributed by atoms with Gasteiger partial charge in [0.05, 0.1) is 23.3 Å². The summed E-state index contributed by atoms with van der Waals surface area (Å²) in [4.78, 5) is 37.8. The van der Waals surface area contributed by atoms with Crippen molar-refractivity contribution in [1.82, 2.24) is 34.9 Å². The molecule has 0 aliphatic carbocycles. The molecule has 9 nitrogen and oxygen atoms in total. The zero-order valence-electron chi connectivity index (χ0n) is 17.5. The fourth-order valence-electron chi connectivity index (χ4n) is 4.20. The number of rotatable bonds is 3. The van der Waals surface area contributed by atoms with Crippen molar-refractivity contribution in [2.75, 3.05) is 20.1 Å². The van der Waals surface area contributed by atoms with Gasteiger partial charge in [-0.05, 0) is 32.3 Å². The predicted molar refractivity (Wildman–Crippen MR) is 107 cm³/mol. The van der Waals surface area contributed by atoms with Crippen molar-refractivity contribution < 1.29 is 9.59 Å². The topological polar surface area (TPSA) is 96.2 Å². The van der Waals surface area contributed by atoms with Gasteiger partial charge >= 0.3 is 6.03 Å². The SMILES string of the molecule is Cc1cc(C)nc(-n2cc(C(=O)N3CC[C@H]4[C@@H](C3)NC(=O)N4C)c(C(C)C)n2)n1. The van der Waals surface area contributed by atoms with Gasteiger partial charge in [-0.3, -0.25) is 4.79 Å². The van der Waals surface area contributed by atoms with Crippen molar-refractivity contribution in [2.24, 2.45) is 0 Å². The molecule has 0 saturated carbocycles. The minimum atomic E-state index is -0.0723. The predicted octanol–water partition coefficient (Wildman–Crippen LogP) is 1.64. The van der Waals surface area contributed by atoms with Crippen molar-refractivity contribution >= 4 is 11.9 Å². The number of nitrogens with zero attached hydrogens (tertiary/aromatic N) is 6. The standard InChI is InChI=1S/C20H27N7O2/c1-11(2)17-14(9-27(24-17)19-21-12(3)8-13(4)22-19)18(28)26-7-6-16-15(10-26)23-20(29)25(16)5/h8-9,11,15-16H,6-7,10H2,1-5H3,(H,23,29)/t15-,16+/m1/s1. The van der Waals surface area contributed by atoms with Crippen LogP contribution in [-0.2, 0) is 0 Å². The number of piperidine rings is 1. The Morgan fingerprint density at radius 2 is 1.93 bits per heavy atom. The number of likely N-dealkylation sites (tertiary alicyclic amines) is 1. The van der Waals surface area contributed by atoms with Crippen LogP contribution in [0.25, 0.3) is 5.95 Å². The number of hydrogen-bond donors (Lipinski definition) is 1. The second kappa shape index (κ2) is 7.13. The third-order valence-corrected chi connectivity index (χ3v) is 5.69. The van der Waals surface area contributed by atoms with E-state index in [4.69, 9.17) is 0 Å². The number of fused-ring (bicyclic) bond motifs is 1. The summed E-state index contributed by atoms with van der Waals surface area (Å²) in [6.45, 7) is 8.97. The molecule has 2 aliphatic heterocycles. The van der Waals surface area contributed by atoms with Gasteiger partial charge in [0, 0.05) is 37.7 Å². The number of carbonyl (C=O) groups excluding carboxylic acids is 2. The maximum absolute atomic E-state index is 13.4. The number of urea groups is 1.